The molecule has 2 aromatic heterocycles. The summed E-state index contributed by atoms with van der Waals surface area (Å²) in [6, 6.07) is -0.266. The highest BCUT2D eigenvalue weighted by molar-refractivity contribution is 6.06. The third-order valence-corrected chi connectivity index (χ3v) is 6.26. The van der Waals surface area contributed by atoms with Gasteiger partial charge in [0, 0.05) is 25.5 Å². The third-order valence-electron chi connectivity index (χ3n) is 6.26. The van der Waals surface area contributed by atoms with Crippen molar-refractivity contribution in [3.63, 3.8) is 0 Å². The second kappa shape index (κ2) is 13.9. The molecule has 1 aliphatic rings. The van der Waals surface area contributed by atoms with E-state index >= 15 is 0 Å². The first-order valence-electron chi connectivity index (χ1n) is 12.8. The average Bonchev–Trinajstić information content (AvgIpc) is 3.58. The van der Waals surface area contributed by atoms with E-state index in [2.05, 4.69) is 41.6 Å². The second-order valence-electron chi connectivity index (χ2n) is 9.64. The van der Waals surface area contributed by atoms with E-state index < -0.39 is 72.5 Å². The molecule has 1 aliphatic heterocycles. The predicted molar refractivity (Wildman–Crippen MR) is 138 cm³/mol. The van der Waals surface area contributed by atoms with Crippen molar-refractivity contribution >= 4 is 41.4 Å². The van der Waals surface area contributed by atoms with Gasteiger partial charge in [-0.3, -0.25) is 33.7 Å². The van der Waals surface area contributed by atoms with Crippen molar-refractivity contribution in [1.29, 1.82) is 0 Å². The van der Waals surface area contributed by atoms with E-state index in [4.69, 9.17) is 5.11 Å². The van der Waals surface area contributed by atoms with Gasteiger partial charge in [-0.2, -0.15) is 5.21 Å². The van der Waals surface area contributed by atoms with Crippen LogP contribution in [0.25, 0.3) is 0 Å². The van der Waals surface area contributed by atoms with Crippen molar-refractivity contribution in [2.75, 3.05) is 4.90 Å². The molecule has 3 rings (SSSR count). The molecule has 0 radical (unpaired) electrons. The van der Waals surface area contributed by atoms with Crippen molar-refractivity contribution in [1.82, 2.24) is 41.6 Å². The molecule has 0 fully saturated rings. The number of aromatic nitrogens is 5. The fraction of sp³-hybridized carbons (Fsp3) is 0.500. The zero-order valence-electron chi connectivity index (χ0n) is 22.4. The summed E-state index contributed by atoms with van der Waals surface area (Å²) in [7, 11) is 0. The molecular formula is C24H31N9O8. The lowest BCUT2D eigenvalue weighted by atomic mass is 10.0. The Balaban J connectivity index is 1.83. The maximum absolute atomic E-state index is 13.9. The topological polar surface area (TPSA) is 250 Å². The highest BCUT2D eigenvalue weighted by Crippen LogP contribution is 2.31. The van der Waals surface area contributed by atoms with Crippen LogP contribution in [0.1, 0.15) is 50.9 Å². The lowest BCUT2D eigenvalue weighted by molar-refractivity contribution is -0.140. The standard InChI is InChI=1S/C24H31N9O8/c1-12(2)20(28-17(34)6-8-19(37)38)23(40)27-14(5-7-18(35)36)24(41)33-15(10-13-4-3-9-25-21(13)33)22(39)26-11-16-29-31-32-30-16/h3-4,9,12,14-15,20H,5-8,10-11H2,1-2H3,(H,26,39)(H,27,40)(H,28,34)(H,35,36)(H,37,38)(H,29,30,31,32)/t14-,15-,20-/m0/s1. The Morgan fingerprint density at radius 1 is 1.07 bits per heavy atom. The van der Waals surface area contributed by atoms with Gasteiger partial charge < -0.3 is 26.2 Å². The molecule has 2 aromatic rings. The van der Waals surface area contributed by atoms with Crippen molar-refractivity contribution in [2.24, 2.45) is 5.92 Å². The van der Waals surface area contributed by atoms with Gasteiger partial charge in [0.25, 0.3) is 5.91 Å². The molecule has 0 aliphatic carbocycles. The second-order valence-corrected chi connectivity index (χ2v) is 9.64. The smallest absolute Gasteiger partial charge is 0.303 e. The predicted octanol–water partition coefficient (Wildman–Crippen LogP) is -1.48. The lowest BCUT2D eigenvalue weighted by Crippen LogP contribution is -2.58. The Hall–Kier alpha value is -4.96. The van der Waals surface area contributed by atoms with Crippen LogP contribution in [-0.2, 0) is 41.7 Å². The van der Waals surface area contributed by atoms with E-state index in [1.54, 1.807) is 26.0 Å². The number of nitrogens with one attached hydrogen (secondary N) is 4. The van der Waals surface area contributed by atoms with Gasteiger partial charge in [0.15, 0.2) is 5.82 Å². The number of fused-ring (bicyclic) bond motifs is 1. The average molecular weight is 574 g/mol. The highest BCUT2D eigenvalue weighted by atomic mass is 16.4. The van der Waals surface area contributed by atoms with E-state index in [9.17, 15) is 33.9 Å². The molecule has 0 unspecified atom stereocenters. The molecule has 17 heteroatoms. The van der Waals surface area contributed by atoms with Crippen LogP contribution in [0.4, 0.5) is 5.82 Å². The maximum atomic E-state index is 13.9. The Bertz CT molecular complexity index is 1280. The zero-order valence-corrected chi connectivity index (χ0v) is 22.4. The summed E-state index contributed by atoms with van der Waals surface area (Å²) in [6.07, 6.45) is -0.0371. The summed E-state index contributed by atoms with van der Waals surface area (Å²) in [5.74, 6) is -5.23. The minimum absolute atomic E-state index is 0.0749. The fourth-order valence-electron chi connectivity index (χ4n) is 4.22. The lowest BCUT2D eigenvalue weighted by Gasteiger charge is -2.30. The summed E-state index contributed by atoms with van der Waals surface area (Å²) in [5, 5.41) is 39.0. The summed E-state index contributed by atoms with van der Waals surface area (Å²) < 4.78 is 0. The van der Waals surface area contributed by atoms with Gasteiger partial charge in [0.05, 0.1) is 13.0 Å². The van der Waals surface area contributed by atoms with Gasteiger partial charge in [-0.1, -0.05) is 25.1 Å². The summed E-state index contributed by atoms with van der Waals surface area (Å²) in [4.78, 5) is 80.1. The molecule has 0 saturated carbocycles. The number of nitrogens with zero attached hydrogens (tertiary/aromatic N) is 5. The van der Waals surface area contributed by atoms with Crippen LogP contribution in [0.5, 0.6) is 0 Å². The summed E-state index contributed by atoms with van der Waals surface area (Å²) in [5.41, 5.74) is 0.592. The van der Waals surface area contributed by atoms with Gasteiger partial charge in [-0.25, -0.2) is 4.98 Å². The Morgan fingerprint density at radius 3 is 2.44 bits per heavy atom. The molecular weight excluding hydrogens is 542 g/mol. The molecule has 17 nitrogen and oxygen atoms in total. The van der Waals surface area contributed by atoms with Crippen LogP contribution < -0.4 is 20.9 Å². The van der Waals surface area contributed by atoms with Crippen LogP contribution in [0.15, 0.2) is 18.3 Å². The first-order valence-corrected chi connectivity index (χ1v) is 12.8. The number of hydrogen-bond donors (Lipinski definition) is 6. The molecule has 41 heavy (non-hydrogen) atoms. The van der Waals surface area contributed by atoms with Gasteiger partial charge in [0.1, 0.15) is 23.9 Å². The first-order chi connectivity index (χ1) is 19.5. The summed E-state index contributed by atoms with van der Waals surface area (Å²) in [6.45, 7) is 3.20. The van der Waals surface area contributed by atoms with Crippen LogP contribution in [-0.4, -0.2) is 89.5 Å². The van der Waals surface area contributed by atoms with E-state index in [1.165, 1.54) is 6.20 Å². The number of tetrazole rings is 1. The number of rotatable bonds is 14. The molecule has 0 spiro atoms. The van der Waals surface area contributed by atoms with Crippen molar-refractivity contribution in [3.8, 4) is 0 Å². The normalized spacial score (nSPS) is 15.5. The van der Waals surface area contributed by atoms with Gasteiger partial charge in [0.2, 0.25) is 17.7 Å². The number of hydrogen-bond acceptors (Lipinski definition) is 10. The molecule has 3 heterocycles. The number of aliphatic carboxylic acids is 2. The number of H-pyrrole nitrogens is 1. The number of carbonyl (C=O) groups is 6. The molecule has 6 N–H and O–H groups in total. The van der Waals surface area contributed by atoms with E-state index in [-0.39, 0.29) is 37.4 Å². The monoisotopic (exact) mass is 573 g/mol. The SMILES string of the molecule is CC(C)[C@H](NC(=O)CCC(=O)O)C(=O)N[C@@H](CCC(=O)O)C(=O)N1c2ncccc2C[C@H]1C(=O)NCc1nn[nH]n1. The number of pyridine rings is 1. The fourth-order valence-corrected chi connectivity index (χ4v) is 4.22. The van der Waals surface area contributed by atoms with Crippen molar-refractivity contribution in [2.45, 2.75) is 70.6 Å². The zero-order chi connectivity index (χ0) is 30.1. The molecule has 3 atom stereocenters. The Kier molecular flexibility index (Phi) is 10.4. The Labute approximate surface area is 233 Å². The number of carboxylic acids is 2. The van der Waals surface area contributed by atoms with Crippen LogP contribution >= 0.6 is 0 Å². The Morgan fingerprint density at radius 2 is 1.80 bits per heavy atom. The third kappa shape index (κ3) is 8.26. The molecule has 0 aromatic carbocycles. The molecule has 220 valence electrons. The maximum Gasteiger partial charge on any atom is 0.303 e. The van der Waals surface area contributed by atoms with Crippen LogP contribution in [0.3, 0.4) is 0 Å². The minimum Gasteiger partial charge on any atom is -0.481 e. The number of carboxylic acid groups (broad SMARTS) is 2. The van der Waals surface area contributed by atoms with E-state index in [1.807, 2.05) is 0 Å². The quantitative estimate of drug-likeness (QED) is 0.151. The van der Waals surface area contributed by atoms with Gasteiger partial charge >= 0.3 is 11.9 Å². The van der Waals surface area contributed by atoms with Crippen molar-refractivity contribution < 1.29 is 39.0 Å². The van der Waals surface area contributed by atoms with Gasteiger partial charge in [-0.05, 0) is 24.0 Å². The number of amides is 4. The summed E-state index contributed by atoms with van der Waals surface area (Å²) >= 11 is 0. The molecule has 0 bridgehead atoms. The number of aromatic amines is 1. The number of carbonyl (C=O) groups excluding carboxylic acids is 4. The first kappa shape index (κ1) is 30.6. The van der Waals surface area contributed by atoms with Crippen molar-refractivity contribution in [3.05, 3.63) is 29.7 Å². The number of anilines is 1. The molecule has 0 saturated heterocycles. The highest BCUT2D eigenvalue weighted by Gasteiger charge is 2.42. The van der Waals surface area contributed by atoms with Gasteiger partial charge in [-0.15, -0.1) is 10.2 Å². The van der Waals surface area contributed by atoms with Crippen LogP contribution in [0, 0.1) is 5.92 Å². The van der Waals surface area contributed by atoms with Crippen LogP contribution in [0.2, 0.25) is 0 Å². The van der Waals surface area contributed by atoms with E-state index in [0.717, 1.165) is 4.90 Å². The molecule has 4 amide bonds. The van der Waals surface area contributed by atoms with E-state index in [0.29, 0.717) is 5.56 Å². The largest absolute Gasteiger partial charge is 0.481 e. The minimum atomic E-state index is -1.39.